The number of halogens is 3. The lowest BCUT2D eigenvalue weighted by Crippen LogP contribution is -2.57. The molecule has 0 aliphatic carbocycles. The standard InChI is InChI=1S/C29H38BrF2N5O7/c1-29(2,3)43-28(40)36-9-7-15(8-10-36)19-11-16(44-34-19)12-21-27(41-4)25(26(39)22(14-38)42-21)37-13-20(33-35-37)17-5-6-18(30)24(32)23(17)31/h5-6,13,15-16,21-22,25-27,38-39H,7-12,14H2,1-4H3/t16?,21-,22-,25+,26+,27+/m1/s1. The number of piperidine rings is 1. The quantitative estimate of drug-likeness (QED) is 0.416. The van der Waals surface area contributed by atoms with E-state index in [1.807, 2.05) is 20.8 Å². The number of amides is 1. The lowest BCUT2D eigenvalue weighted by molar-refractivity contribution is -0.219. The van der Waals surface area contributed by atoms with Crippen LogP contribution in [0.15, 0.2) is 28.0 Å². The molecular weight excluding hydrogens is 648 g/mol. The number of methoxy groups -OCH3 is 1. The smallest absolute Gasteiger partial charge is 0.410 e. The Morgan fingerprint density at radius 3 is 2.57 bits per heavy atom. The van der Waals surface area contributed by atoms with Crippen LogP contribution < -0.4 is 0 Å². The summed E-state index contributed by atoms with van der Waals surface area (Å²) >= 11 is 2.96. The number of aliphatic hydroxyl groups is 2. The van der Waals surface area contributed by atoms with E-state index < -0.39 is 54.3 Å². The zero-order valence-electron chi connectivity index (χ0n) is 25.0. The summed E-state index contributed by atoms with van der Waals surface area (Å²) in [5, 5.41) is 33.6. The first-order valence-electron chi connectivity index (χ1n) is 14.6. The Morgan fingerprint density at radius 1 is 1.18 bits per heavy atom. The number of benzene rings is 1. The Hall–Kier alpha value is -2.72. The van der Waals surface area contributed by atoms with Crippen LogP contribution in [-0.2, 0) is 19.0 Å². The lowest BCUT2D eigenvalue weighted by atomic mass is 9.86. The molecule has 5 rings (SSSR count). The number of nitrogens with zero attached hydrogens (tertiary/aromatic N) is 5. The van der Waals surface area contributed by atoms with Gasteiger partial charge in [-0.3, -0.25) is 0 Å². The Labute approximate surface area is 262 Å². The van der Waals surface area contributed by atoms with Crippen molar-refractivity contribution < 1.29 is 42.8 Å². The minimum atomic E-state index is -1.24. The third-order valence-corrected chi connectivity index (χ3v) is 8.84. The molecule has 1 aromatic heterocycles. The second-order valence-corrected chi connectivity index (χ2v) is 13.2. The Balaban J connectivity index is 1.24. The van der Waals surface area contributed by atoms with E-state index in [1.165, 1.54) is 30.1 Å². The van der Waals surface area contributed by atoms with Crippen LogP contribution in [0, 0.1) is 17.6 Å². The Morgan fingerprint density at radius 2 is 1.91 bits per heavy atom. The molecule has 1 aromatic carbocycles. The fourth-order valence-corrected chi connectivity index (χ4v) is 6.33. The fraction of sp³-hybridized carbons (Fsp3) is 0.655. The maximum Gasteiger partial charge on any atom is 0.410 e. The minimum absolute atomic E-state index is 0.0217. The number of aromatic nitrogens is 3. The monoisotopic (exact) mass is 685 g/mol. The van der Waals surface area contributed by atoms with Gasteiger partial charge in [0.15, 0.2) is 11.6 Å². The average Bonchev–Trinajstić information content (AvgIpc) is 3.66. The first-order chi connectivity index (χ1) is 20.9. The van der Waals surface area contributed by atoms with Crippen LogP contribution in [0.3, 0.4) is 0 Å². The van der Waals surface area contributed by atoms with E-state index in [0.717, 1.165) is 18.6 Å². The number of likely N-dealkylation sites (tertiary alicyclic amines) is 1. The number of oxime groups is 1. The molecule has 2 N–H and O–H groups in total. The molecule has 2 aromatic rings. The fourth-order valence-electron chi connectivity index (χ4n) is 6.02. The van der Waals surface area contributed by atoms with Crippen molar-refractivity contribution in [1.82, 2.24) is 19.9 Å². The van der Waals surface area contributed by atoms with Gasteiger partial charge in [0.25, 0.3) is 0 Å². The zero-order valence-corrected chi connectivity index (χ0v) is 26.6. The lowest BCUT2D eigenvalue weighted by Gasteiger charge is -2.44. The van der Waals surface area contributed by atoms with Crippen molar-refractivity contribution in [2.24, 2.45) is 11.1 Å². The van der Waals surface area contributed by atoms with Crippen molar-refractivity contribution in [3.8, 4) is 11.3 Å². The maximum atomic E-state index is 14.6. The molecule has 3 aliphatic rings. The van der Waals surface area contributed by atoms with E-state index in [2.05, 4.69) is 31.4 Å². The molecule has 12 nitrogen and oxygen atoms in total. The number of aliphatic hydroxyl groups excluding tert-OH is 2. The van der Waals surface area contributed by atoms with Crippen LogP contribution >= 0.6 is 15.9 Å². The number of carbonyl (C=O) groups excluding carboxylic acids is 1. The number of carbonyl (C=O) groups is 1. The number of hydrogen-bond donors (Lipinski definition) is 2. The van der Waals surface area contributed by atoms with E-state index in [4.69, 9.17) is 19.0 Å². The van der Waals surface area contributed by atoms with Crippen molar-refractivity contribution in [2.45, 2.75) is 88.6 Å². The van der Waals surface area contributed by atoms with Gasteiger partial charge in [-0.1, -0.05) is 10.4 Å². The molecule has 0 spiro atoms. The van der Waals surface area contributed by atoms with Gasteiger partial charge in [-0.2, -0.15) is 0 Å². The summed E-state index contributed by atoms with van der Waals surface area (Å²) in [6, 6.07) is 1.88. The molecule has 1 unspecified atom stereocenters. The van der Waals surface area contributed by atoms with Gasteiger partial charge in [-0.15, -0.1) is 5.10 Å². The van der Waals surface area contributed by atoms with E-state index in [1.54, 1.807) is 4.90 Å². The highest BCUT2D eigenvalue weighted by Gasteiger charge is 2.48. The van der Waals surface area contributed by atoms with E-state index in [9.17, 15) is 23.8 Å². The van der Waals surface area contributed by atoms with Crippen LogP contribution in [-0.4, -0.2) is 105 Å². The van der Waals surface area contributed by atoms with Gasteiger partial charge in [0.05, 0.1) is 29.1 Å². The highest BCUT2D eigenvalue weighted by Crippen LogP contribution is 2.37. The van der Waals surface area contributed by atoms with Gasteiger partial charge in [0.1, 0.15) is 41.8 Å². The third kappa shape index (κ3) is 6.91. The minimum Gasteiger partial charge on any atom is -0.444 e. The molecule has 242 valence electrons. The molecule has 6 atom stereocenters. The predicted molar refractivity (Wildman–Crippen MR) is 157 cm³/mol. The highest BCUT2D eigenvalue weighted by atomic mass is 79.9. The Kier molecular flexibility index (Phi) is 9.90. The number of hydrogen-bond acceptors (Lipinski definition) is 10. The summed E-state index contributed by atoms with van der Waals surface area (Å²) < 4.78 is 47.5. The zero-order chi connectivity index (χ0) is 31.8. The molecule has 2 fully saturated rings. The molecule has 1 amide bonds. The predicted octanol–water partition coefficient (Wildman–Crippen LogP) is 3.84. The first kappa shape index (κ1) is 32.7. The van der Waals surface area contributed by atoms with Gasteiger partial charge in [0, 0.05) is 44.5 Å². The summed E-state index contributed by atoms with van der Waals surface area (Å²) in [4.78, 5) is 19.9. The van der Waals surface area contributed by atoms with Crippen LogP contribution in [0.2, 0.25) is 0 Å². The summed E-state index contributed by atoms with van der Waals surface area (Å²) in [6.45, 7) is 6.19. The van der Waals surface area contributed by atoms with Gasteiger partial charge >= 0.3 is 6.09 Å². The summed E-state index contributed by atoms with van der Waals surface area (Å²) in [7, 11) is 1.47. The van der Waals surface area contributed by atoms with Crippen molar-refractivity contribution in [1.29, 1.82) is 0 Å². The number of ether oxygens (including phenoxy) is 3. The number of rotatable bonds is 7. The first-order valence-corrected chi connectivity index (χ1v) is 15.4. The molecule has 2 saturated heterocycles. The molecule has 0 radical (unpaired) electrons. The largest absolute Gasteiger partial charge is 0.444 e. The van der Waals surface area contributed by atoms with Crippen molar-refractivity contribution in [3.63, 3.8) is 0 Å². The molecule has 44 heavy (non-hydrogen) atoms. The van der Waals surface area contributed by atoms with E-state index >= 15 is 0 Å². The summed E-state index contributed by atoms with van der Waals surface area (Å²) in [5.74, 6) is -1.97. The topological polar surface area (TPSA) is 141 Å². The van der Waals surface area contributed by atoms with E-state index in [0.29, 0.717) is 25.9 Å². The molecule has 0 saturated carbocycles. The van der Waals surface area contributed by atoms with Gasteiger partial charge in [0.2, 0.25) is 0 Å². The molecule has 15 heteroatoms. The molecule has 3 aliphatic heterocycles. The second-order valence-electron chi connectivity index (χ2n) is 12.4. The normalized spacial score (nSPS) is 28.1. The molecular formula is C29H38BrF2N5O7. The highest BCUT2D eigenvalue weighted by molar-refractivity contribution is 9.10. The van der Waals surface area contributed by atoms with Gasteiger partial charge < -0.3 is 34.2 Å². The molecule has 0 bridgehead atoms. The van der Waals surface area contributed by atoms with Crippen LogP contribution in [0.5, 0.6) is 0 Å². The summed E-state index contributed by atoms with van der Waals surface area (Å²) in [6.07, 6.45) is -0.451. The van der Waals surface area contributed by atoms with Crippen molar-refractivity contribution in [3.05, 3.63) is 34.4 Å². The van der Waals surface area contributed by atoms with Crippen LogP contribution in [0.25, 0.3) is 11.3 Å². The van der Waals surface area contributed by atoms with E-state index in [-0.39, 0.29) is 33.8 Å². The second kappa shape index (κ2) is 13.3. The van der Waals surface area contributed by atoms with Crippen LogP contribution in [0.1, 0.15) is 52.5 Å². The average molecular weight is 687 g/mol. The third-order valence-electron chi connectivity index (χ3n) is 8.23. The van der Waals surface area contributed by atoms with Gasteiger partial charge in [-0.05, 0) is 61.7 Å². The van der Waals surface area contributed by atoms with Gasteiger partial charge in [-0.25, -0.2) is 18.3 Å². The molecule has 4 heterocycles. The van der Waals surface area contributed by atoms with Crippen molar-refractivity contribution in [2.75, 3.05) is 26.8 Å². The maximum absolute atomic E-state index is 14.6. The summed E-state index contributed by atoms with van der Waals surface area (Å²) in [5.41, 5.74) is 0.338. The SMILES string of the molecule is CO[C@@H]1[C@@H](n2cc(-c3ccc(Br)c(F)c3F)nn2)[C@@H](O)[C@@H](CO)O[C@@H]1CC1CC(C2CCN(C(=O)OC(C)(C)C)CC2)=NO1. The van der Waals surface area contributed by atoms with Crippen LogP contribution in [0.4, 0.5) is 13.6 Å². The van der Waals surface area contributed by atoms with Crippen molar-refractivity contribution >= 4 is 27.7 Å². The Bertz CT molecular complexity index is 1360.